The average molecular weight is 248 g/mol. The normalized spacial score (nSPS) is 10.3. The Labute approximate surface area is 103 Å². The van der Waals surface area contributed by atoms with E-state index in [-0.39, 0.29) is 11.4 Å². The molecule has 7 heteroatoms. The molecule has 0 aliphatic rings. The van der Waals surface area contributed by atoms with Crippen LogP contribution in [0.3, 0.4) is 0 Å². The standard InChI is InChI=1S/C11H12N4O3/c1-7-4-9(14-18-7)6-13-8-2-3-11(15(16)17)10(12)5-8/h2-5,13H,6,12H2,1H3. The summed E-state index contributed by atoms with van der Waals surface area (Å²) in [6.45, 7) is 2.27. The van der Waals surface area contributed by atoms with Crippen molar-refractivity contribution in [2.75, 3.05) is 11.1 Å². The number of aromatic nitrogens is 1. The Morgan fingerprint density at radius 3 is 2.83 bits per heavy atom. The van der Waals surface area contributed by atoms with Crippen LogP contribution >= 0.6 is 0 Å². The van der Waals surface area contributed by atoms with Crippen molar-refractivity contribution in [3.8, 4) is 0 Å². The molecule has 0 saturated carbocycles. The zero-order valence-electron chi connectivity index (χ0n) is 9.71. The molecule has 0 fully saturated rings. The molecule has 1 aromatic carbocycles. The summed E-state index contributed by atoms with van der Waals surface area (Å²) in [7, 11) is 0. The third kappa shape index (κ3) is 2.57. The second kappa shape index (κ2) is 4.74. The number of nitro groups is 1. The van der Waals surface area contributed by atoms with Crippen LogP contribution in [0.5, 0.6) is 0 Å². The zero-order chi connectivity index (χ0) is 13.1. The lowest BCUT2D eigenvalue weighted by Gasteiger charge is -2.05. The summed E-state index contributed by atoms with van der Waals surface area (Å²) < 4.78 is 4.92. The smallest absolute Gasteiger partial charge is 0.292 e. The van der Waals surface area contributed by atoms with Crippen LogP contribution in [0.1, 0.15) is 11.5 Å². The lowest BCUT2D eigenvalue weighted by molar-refractivity contribution is -0.383. The van der Waals surface area contributed by atoms with Gasteiger partial charge in [0.25, 0.3) is 5.69 Å². The largest absolute Gasteiger partial charge is 0.393 e. The summed E-state index contributed by atoms with van der Waals surface area (Å²) in [5.74, 6) is 0.731. The molecule has 0 radical (unpaired) electrons. The van der Waals surface area contributed by atoms with Gasteiger partial charge in [0.1, 0.15) is 17.1 Å². The van der Waals surface area contributed by atoms with Gasteiger partial charge in [-0.3, -0.25) is 10.1 Å². The Kier molecular flexibility index (Phi) is 3.13. The fraction of sp³-hybridized carbons (Fsp3) is 0.182. The van der Waals surface area contributed by atoms with Gasteiger partial charge in [-0.05, 0) is 19.1 Å². The highest BCUT2D eigenvalue weighted by molar-refractivity contribution is 5.65. The van der Waals surface area contributed by atoms with E-state index < -0.39 is 4.92 Å². The fourth-order valence-electron chi connectivity index (χ4n) is 1.52. The molecule has 0 unspecified atom stereocenters. The maximum atomic E-state index is 10.6. The van der Waals surface area contributed by atoms with Crippen molar-refractivity contribution in [3.05, 3.63) is 45.8 Å². The Morgan fingerprint density at radius 1 is 1.50 bits per heavy atom. The maximum absolute atomic E-state index is 10.6. The van der Waals surface area contributed by atoms with Crippen LogP contribution in [0.15, 0.2) is 28.8 Å². The van der Waals surface area contributed by atoms with Gasteiger partial charge in [0.15, 0.2) is 0 Å². The number of benzene rings is 1. The van der Waals surface area contributed by atoms with Crippen molar-refractivity contribution in [1.82, 2.24) is 5.16 Å². The Bertz CT molecular complexity index is 579. The van der Waals surface area contributed by atoms with E-state index in [0.717, 1.165) is 11.5 Å². The van der Waals surface area contributed by atoms with Crippen LogP contribution < -0.4 is 11.1 Å². The van der Waals surface area contributed by atoms with Crippen molar-refractivity contribution in [2.45, 2.75) is 13.5 Å². The molecule has 3 N–H and O–H groups in total. The van der Waals surface area contributed by atoms with Crippen molar-refractivity contribution in [2.24, 2.45) is 0 Å². The number of nitrogens with one attached hydrogen (secondary N) is 1. The van der Waals surface area contributed by atoms with E-state index in [2.05, 4.69) is 10.5 Å². The maximum Gasteiger partial charge on any atom is 0.292 e. The third-order valence-electron chi connectivity index (χ3n) is 2.37. The van der Waals surface area contributed by atoms with Gasteiger partial charge in [0.2, 0.25) is 0 Å². The first-order valence-electron chi connectivity index (χ1n) is 5.26. The molecule has 7 nitrogen and oxygen atoms in total. The number of hydrogen-bond acceptors (Lipinski definition) is 6. The van der Waals surface area contributed by atoms with Gasteiger partial charge < -0.3 is 15.6 Å². The highest BCUT2D eigenvalue weighted by atomic mass is 16.6. The molecule has 1 heterocycles. The van der Waals surface area contributed by atoms with E-state index in [1.807, 2.05) is 6.07 Å². The molecular formula is C11H12N4O3. The molecule has 0 aliphatic carbocycles. The summed E-state index contributed by atoms with van der Waals surface area (Å²) >= 11 is 0. The molecule has 0 aliphatic heterocycles. The molecule has 0 atom stereocenters. The quantitative estimate of drug-likeness (QED) is 0.487. The van der Waals surface area contributed by atoms with Crippen LogP contribution in [-0.4, -0.2) is 10.1 Å². The second-order valence-electron chi connectivity index (χ2n) is 3.81. The van der Waals surface area contributed by atoms with Gasteiger partial charge in [-0.15, -0.1) is 0 Å². The summed E-state index contributed by atoms with van der Waals surface area (Å²) in [5.41, 5.74) is 7.05. The zero-order valence-corrected chi connectivity index (χ0v) is 9.71. The van der Waals surface area contributed by atoms with E-state index in [1.165, 1.54) is 12.1 Å². The molecule has 0 bridgehead atoms. The second-order valence-corrected chi connectivity index (χ2v) is 3.81. The van der Waals surface area contributed by atoms with Crippen LogP contribution in [0.25, 0.3) is 0 Å². The summed E-state index contributed by atoms with van der Waals surface area (Å²) in [4.78, 5) is 10.1. The van der Waals surface area contributed by atoms with Crippen LogP contribution in [0.2, 0.25) is 0 Å². The van der Waals surface area contributed by atoms with Gasteiger partial charge in [0, 0.05) is 17.8 Å². The monoisotopic (exact) mass is 248 g/mol. The minimum atomic E-state index is -0.514. The highest BCUT2D eigenvalue weighted by Crippen LogP contribution is 2.24. The van der Waals surface area contributed by atoms with E-state index in [1.54, 1.807) is 13.0 Å². The SMILES string of the molecule is Cc1cc(CNc2ccc([N+](=O)[O-])c(N)c2)no1. The number of nitrogens with two attached hydrogens (primary N) is 1. The topological polar surface area (TPSA) is 107 Å². The Hall–Kier alpha value is -2.57. The number of nitrogens with zero attached hydrogens (tertiary/aromatic N) is 2. The third-order valence-corrected chi connectivity index (χ3v) is 2.37. The number of nitrogen functional groups attached to an aromatic ring is 1. The molecule has 0 saturated heterocycles. The van der Waals surface area contributed by atoms with Crippen molar-refractivity contribution in [3.63, 3.8) is 0 Å². The molecule has 0 spiro atoms. The van der Waals surface area contributed by atoms with Crippen LogP contribution in [0.4, 0.5) is 17.1 Å². The van der Waals surface area contributed by atoms with Gasteiger partial charge in [-0.2, -0.15) is 0 Å². The number of nitro benzene ring substituents is 1. The molecule has 0 amide bonds. The summed E-state index contributed by atoms with van der Waals surface area (Å²) in [5, 5.41) is 17.5. The van der Waals surface area contributed by atoms with E-state index >= 15 is 0 Å². The Balaban J connectivity index is 2.06. The average Bonchev–Trinajstić information content (AvgIpc) is 2.72. The van der Waals surface area contributed by atoms with Gasteiger partial charge >= 0.3 is 0 Å². The van der Waals surface area contributed by atoms with Gasteiger partial charge in [-0.25, -0.2) is 0 Å². The molecule has 1 aromatic heterocycles. The van der Waals surface area contributed by atoms with E-state index in [0.29, 0.717) is 12.2 Å². The van der Waals surface area contributed by atoms with E-state index in [9.17, 15) is 10.1 Å². The Morgan fingerprint density at radius 2 is 2.28 bits per heavy atom. The van der Waals surface area contributed by atoms with Crippen molar-refractivity contribution in [1.29, 1.82) is 0 Å². The first-order chi connectivity index (χ1) is 8.56. The minimum absolute atomic E-state index is 0.0992. The minimum Gasteiger partial charge on any atom is -0.393 e. The van der Waals surface area contributed by atoms with Crippen LogP contribution in [-0.2, 0) is 6.54 Å². The van der Waals surface area contributed by atoms with Crippen molar-refractivity contribution >= 4 is 17.1 Å². The molecule has 2 aromatic rings. The summed E-state index contributed by atoms with van der Waals surface area (Å²) in [6, 6.07) is 6.29. The number of hydrogen-bond donors (Lipinski definition) is 2. The first kappa shape index (κ1) is 11.9. The lowest BCUT2D eigenvalue weighted by atomic mass is 10.2. The summed E-state index contributed by atoms with van der Waals surface area (Å²) in [6.07, 6.45) is 0. The number of anilines is 2. The molecule has 2 rings (SSSR count). The molecule has 94 valence electrons. The van der Waals surface area contributed by atoms with Gasteiger partial charge in [0.05, 0.1) is 11.5 Å². The predicted octanol–water partition coefficient (Wildman–Crippen LogP) is 2.09. The number of rotatable bonds is 4. The number of aryl methyl sites for hydroxylation is 1. The van der Waals surface area contributed by atoms with E-state index in [4.69, 9.17) is 10.3 Å². The molecule has 18 heavy (non-hydrogen) atoms. The lowest BCUT2D eigenvalue weighted by Crippen LogP contribution is -2.01. The fourth-order valence-corrected chi connectivity index (χ4v) is 1.52. The first-order valence-corrected chi connectivity index (χ1v) is 5.26. The van der Waals surface area contributed by atoms with Crippen molar-refractivity contribution < 1.29 is 9.45 Å². The van der Waals surface area contributed by atoms with Crippen LogP contribution in [0, 0.1) is 17.0 Å². The molecular weight excluding hydrogens is 236 g/mol. The van der Waals surface area contributed by atoms with Gasteiger partial charge in [-0.1, -0.05) is 5.16 Å². The highest BCUT2D eigenvalue weighted by Gasteiger charge is 2.11. The predicted molar refractivity (Wildman–Crippen MR) is 66.1 cm³/mol.